The van der Waals surface area contributed by atoms with E-state index in [1.54, 1.807) is 17.7 Å². The molecular weight excluding hydrogens is 492 g/mol. The van der Waals surface area contributed by atoms with Crippen molar-refractivity contribution >= 4 is 27.5 Å². The highest BCUT2D eigenvalue weighted by Gasteiger charge is 2.39. The molecule has 4 aromatic rings. The molecule has 1 amide bonds. The van der Waals surface area contributed by atoms with Crippen molar-refractivity contribution in [1.29, 1.82) is 0 Å². The van der Waals surface area contributed by atoms with Crippen LogP contribution < -0.4 is 11.2 Å². The average molecular weight is 521 g/mol. The highest BCUT2D eigenvalue weighted by molar-refractivity contribution is 7.19. The van der Waals surface area contributed by atoms with E-state index in [-0.39, 0.29) is 30.1 Å². The minimum absolute atomic E-state index is 0.0305. The lowest BCUT2D eigenvalue weighted by Crippen LogP contribution is -2.39. The van der Waals surface area contributed by atoms with Crippen molar-refractivity contribution in [3.8, 4) is 11.3 Å². The zero-order valence-electron chi connectivity index (χ0n) is 21.1. The summed E-state index contributed by atoms with van der Waals surface area (Å²) in [5, 5.41) is 11.7. The summed E-state index contributed by atoms with van der Waals surface area (Å²) in [6.07, 6.45) is 2.06. The quantitative estimate of drug-likeness (QED) is 0.433. The Morgan fingerprint density at radius 3 is 2.57 bits per heavy atom. The number of carbonyl (C=O) groups excluding carboxylic acids is 1. The molecule has 4 heterocycles. The number of fused-ring (bicyclic) bond motifs is 1. The molecular formula is C27H28N4O5S. The lowest BCUT2D eigenvalue weighted by molar-refractivity contribution is -0.0796. The monoisotopic (exact) mass is 520 g/mol. The normalized spacial score (nSPS) is 17.7. The molecule has 0 unspecified atom stereocenters. The van der Waals surface area contributed by atoms with Crippen molar-refractivity contribution in [2.75, 3.05) is 13.2 Å². The Morgan fingerprint density at radius 2 is 1.92 bits per heavy atom. The molecule has 37 heavy (non-hydrogen) atoms. The lowest BCUT2D eigenvalue weighted by Gasteiger charge is -2.17. The maximum atomic E-state index is 13.9. The van der Waals surface area contributed by atoms with E-state index >= 15 is 0 Å². The van der Waals surface area contributed by atoms with Gasteiger partial charge in [0.15, 0.2) is 0 Å². The van der Waals surface area contributed by atoms with Gasteiger partial charge in [0.05, 0.1) is 23.2 Å². The van der Waals surface area contributed by atoms with Crippen LogP contribution in [0.2, 0.25) is 0 Å². The summed E-state index contributed by atoms with van der Waals surface area (Å²) in [7, 11) is 1.42. The summed E-state index contributed by atoms with van der Waals surface area (Å²) in [5.41, 5.74) is 0.655. The third kappa shape index (κ3) is 4.41. The number of benzene rings is 1. The van der Waals surface area contributed by atoms with Gasteiger partial charge in [0.1, 0.15) is 17.0 Å². The van der Waals surface area contributed by atoms with E-state index in [1.165, 1.54) is 18.4 Å². The van der Waals surface area contributed by atoms with Gasteiger partial charge < -0.3 is 5.11 Å². The second kappa shape index (κ2) is 9.37. The van der Waals surface area contributed by atoms with E-state index in [0.717, 1.165) is 26.5 Å². The second-order valence-corrected chi connectivity index (χ2v) is 10.9. The first-order chi connectivity index (χ1) is 17.6. The number of hydroxylamine groups is 2. The molecule has 1 aliphatic rings. The molecule has 192 valence electrons. The van der Waals surface area contributed by atoms with E-state index in [1.807, 2.05) is 56.3 Å². The molecule has 5 rings (SSSR count). The van der Waals surface area contributed by atoms with Gasteiger partial charge in [-0.25, -0.2) is 9.86 Å². The van der Waals surface area contributed by atoms with Crippen LogP contribution >= 0.6 is 11.3 Å². The smallest absolute Gasteiger partial charge is 0.332 e. The number of rotatable bonds is 5. The molecule has 1 fully saturated rings. The SMILES string of the molecule is CC(C)n1c(=O)n(C)c(=O)c2c(C(=O)N3C[C@](C)(O)CO3)c(Cc3ccccc3-c3ccccn3)sc21. The minimum Gasteiger partial charge on any atom is -0.386 e. The number of carbonyl (C=O) groups is 1. The maximum absolute atomic E-state index is 13.9. The molecule has 0 bridgehead atoms. The average Bonchev–Trinajstić information content (AvgIpc) is 3.42. The van der Waals surface area contributed by atoms with Gasteiger partial charge in [0.25, 0.3) is 11.5 Å². The van der Waals surface area contributed by atoms with Crippen LogP contribution in [0.25, 0.3) is 21.5 Å². The summed E-state index contributed by atoms with van der Waals surface area (Å²) in [4.78, 5) is 51.4. The van der Waals surface area contributed by atoms with E-state index in [0.29, 0.717) is 16.1 Å². The number of hydrogen-bond donors (Lipinski definition) is 1. The Bertz CT molecular complexity index is 1620. The number of hydrogen-bond acceptors (Lipinski definition) is 7. The zero-order chi connectivity index (χ0) is 26.5. The van der Waals surface area contributed by atoms with Gasteiger partial charge >= 0.3 is 5.69 Å². The molecule has 0 spiro atoms. The molecule has 3 aromatic heterocycles. The second-order valence-electron chi connectivity index (χ2n) is 9.85. The van der Waals surface area contributed by atoms with Crippen molar-refractivity contribution in [2.24, 2.45) is 7.05 Å². The number of aliphatic hydroxyl groups is 1. The number of aromatic nitrogens is 3. The largest absolute Gasteiger partial charge is 0.386 e. The number of thiophene rings is 1. The summed E-state index contributed by atoms with van der Waals surface area (Å²) in [6.45, 7) is 5.25. The fourth-order valence-corrected chi connectivity index (χ4v) is 6.07. The van der Waals surface area contributed by atoms with Gasteiger partial charge in [-0.1, -0.05) is 30.3 Å². The molecule has 10 heteroatoms. The molecule has 1 N–H and O–H groups in total. The third-order valence-electron chi connectivity index (χ3n) is 6.47. The van der Waals surface area contributed by atoms with Crippen LogP contribution in [0.15, 0.2) is 58.3 Å². The van der Waals surface area contributed by atoms with Crippen molar-refractivity contribution in [3.05, 3.63) is 85.5 Å². The summed E-state index contributed by atoms with van der Waals surface area (Å²) < 4.78 is 2.59. The highest BCUT2D eigenvalue weighted by Crippen LogP contribution is 2.35. The standard InChI is InChI=1S/C27H28N4O5S/c1-16(2)31-25-22(23(32)29(4)26(31)34)21(24(33)30-14-27(3,35)15-36-30)20(37-25)13-17-9-5-6-10-18(17)19-11-7-8-12-28-19/h5-12,16,35H,13-15H2,1-4H3/t27-/m0/s1. The third-order valence-corrected chi connectivity index (χ3v) is 7.66. The Morgan fingerprint density at radius 1 is 1.19 bits per heavy atom. The van der Waals surface area contributed by atoms with E-state index in [2.05, 4.69) is 4.98 Å². The van der Waals surface area contributed by atoms with Gasteiger partial charge in [-0.3, -0.25) is 28.5 Å². The van der Waals surface area contributed by atoms with Crippen LogP contribution in [-0.4, -0.2) is 48.9 Å². The summed E-state index contributed by atoms with van der Waals surface area (Å²) in [5.74, 6) is -0.514. The van der Waals surface area contributed by atoms with E-state index < -0.39 is 22.8 Å². The maximum Gasteiger partial charge on any atom is 0.332 e. The molecule has 0 radical (unpaired) electrons. The predicted molar refractivity (Wildman–Crippen MR) is 142 cm³/mol. The topological polar surface area (TPSA) is 107 Å². The van der Waals surface area contributed by atoms with Gasteiger partial charge in [-0.05, 0) is 38.5 Å². The van der Waals surface area contributed by atoms with Crippen molar-refractivity contribution in [2.45, 2.75) is 38.8 Å². The van der Waals surface area contributed by atoms with Crippen LogP contribution in [-0.2, 0) is 18.3 Å². The molecule has 1 atom stereocenters. The zero-order valence-corrected chi connectivity index (χ0v) is 21.9. The number of β-amino-alcohol motifs (C(OH)–C–C–N with tert-alkyl or cyclic N) is 1. The Kier molecular flexibility index (Phi) is 6.35. The van der Waals surface area contributed by atoms with E-state index in [9.17, 15) is 19.5 Å². The first kappa shape index (κ1) is 25.1. The van der Waals surface area contributed by atoms with Gasteiger partial charge in [0.2, 0.25) is 0 Å². The van der Waals surface area contributed by atoms with Gasteiger partial charge in [-0.15, -0.1) is 11.3 Å². The lowest BCUT2D eigenvalue weighted by atomic mass is 9.98. The number of pyridine rings is 1. The van der Waals surface area contributed by atoms with Crippen LogP contribution in [0.5, 0.6) is 0 Å². The van der Waals surface area contributed by atoms with E-state index in [4.69, 9.17) is 4.84 Å². The van der Waals surface area contributed by atoms with Crippen LogP contribution in [0, 0.1) is 0 Å². The minimum atomic E-state index is -1.20. The highest BCUT2D eigenvalue weighted by atomic mass is 32.1. The first-order valence-corrected chi connectivity index (χ1v) is 12.8. The molecule has 1 saturated heterocycles. The Labute approximate surface area is 217 Å². The molecule has 9 nitrogen and oxygen atoms in total. The fourth-order valence-electron chi connectivity index (χ4n) is 4.63. The molecule has 0 saturated carbocycles. The predicted octanol–water partition coefficient (Wildman–Crippen LogP) is 3.13. The van der Waals surface area contributed by atoms with Crippen molar-refractivity contribution in [3.63, 3.8) is 0 Å². The molecule has 0 aliphatic carbocycles. The summed E-state index contributed by atoms with van der Waals surface area (Å²) in [6, 6.07) is 13.2. The van der Waals surface area contributed by atoms with Crippen molar-refractivity contribution < 1.29 is 14.7 Å². The number of nitrogens with zero attached hydrogens (tertiary/aromatic N) is 4. The van der Waals surface area contributed by atoms with Gasteiger partial charge in [0, 0.05) is 36.1 Å². The van der Waals surface area contributed by atoms with Crippen LogP contribution in [0.1, 0.15) is 47.6 Å². The van der Waals surface area contributed by atoms with Gasteiger partial charge in [-0.2, -0.15) is 0 Å². The number of amides is 1. The first-order valence-electron chi connectivity index (χ1n) is 12.0. The Hall–Kier alpha value is -3.60. The van der Waals surface area contributed by atoms with Crippen LogP contribution in [0.3, 0.4) is 0 Å². The fraction of sp³-hybridized carbons (Fsp3) is 0.333. The molecule has 1 aromatic carbocycles. The Balaban J connectivity index is 1.75. The molecule has 1 aliphatic heterocycles. The summed E-state index contributed by atoms with van der Waals surface area (Å²) >= 11 is 1.27. The van der Waals surface area contributed by atoms with Crippen molar-refractivity contribution in [1.82, 2.24) is 19.2 Å². The van der Waals surface area contributed by atoms with Crippen LogP contribution in [0.4, 0.5) is 0 Å².